The van der Waals surface area contributed by atoms with E-state index in [1.54, 1.807) is 28.0 Å². The zero-order valence-electron chi connectivity index (χ0n) is 16.6. The van der Waals surface area contributed by atoms with Crippen molar-refractivity contribution >= 4 is 51.3 Å². The second-order valence-corrected chi connectivity index (χ2v) is 8.25. The Labute approximate surface area is 184 Å². The van der Waals surface area contributed by atoms with Crippen LogP contribution in [-0.4, -0.2) is 28.2 Å². The SMILES string of the molecule is CCCN1C(=O)c2ccc(Cl)cc2NC1c1csc(N(C(C)=O)c2ccccc2)n1. The number of nitrogens with one attached hydrogen (secondary N) is 1. The first-order chi connectivity index (χ1) is 14.5. The van der Waals surface area contributed by atoms with Crippen molar-refractivity contribution in [1.29, 1.82) is 0 Å². The number of fused-ring (bicyclic) bond motifs is 1. The number of amides is 2. The zero-order valence-corrected chi connectivity index (χ0v) is 18.2. The summed E-state index contributed by atoms with van der Waals surface area (Å²) in [4.78, 5) is 33.6. The van der Waals surface area contributed by atoms with E-state index in [0.717, 1.165) is 12.1 Å². The number of anilines is 3. The Balaban J connectivity index is 1.72. The normalized spacial score (nSPS) is 15.5. The van der Waals surface area contributed by atoms with E-state index < -0.39 is 6.17 Å². The molecule has 2 heterocycles. The highest BCUT2D eigenvalue weighted by molar-refractivity contribution is 7.14. The molecule has 0 saturated heterocycles. The maximum Gasteiger partial charge on any atom is 0.257 e. The van der Waals surface area contributed by atoms with E-state index in [1.165, 1.54) is 18.3 Å². The number of carbonyl (C=O) groups excluding carboxylic acids is 2. The highest BCUT2D eigenvalue weighted by Crippen LogP contribution is 2.37. The molecule has 1 N–H and O–H groups in total. The molecule has 1 aromatic heterocycles. The number of thiazole rings is 1. The number of halogens is 1. The molecule has 2 amide bonds. The van der Waals surface area contributed by atoms with Gasteiger partial charge in [-0.05, 0) is 36.8 Å². The van der Waals surface area contributed by atoms with E-state index >= 15 is 0 Å². The minimum atomic E-state index is -0.432. The smallest absolute Gasteiger partial charge is 0.257 e. The minimum Gasteiger partial charge on any atom is -0.359 e. The quantitative estimate of drug-likeness (QED) is 0.572. The molecule has 3 aromatic rings. The van der Waals surface area contributed by atoms with Crippen LogP contribution in [0.25, 0.3) is 0 Å². The molecule has 1 aliphatic heterocycles. The Hall–Kier alpha value is -2.90. The summed E-state index contributed by atoms with van der Waals surface area (Å²) in [5.74, 6) is -0.189. The van der Waals surface area contributed by atoms with E-state index in [1.807, 2.05) is 42.6 Å². The molecule has 6 nitrogen and oxygen atoms in total. The van der Waals surface area contributed by atoms with Gasteiger partial charge in [0.15, 0.2) is 5.13 Å². The van der Waals surface area contributed by atoms with Crippen molar-refractivity contribution in [3.8, 4) is 0 Å². The molecule has 0 aliphatic carbocycles. The first-order valence-electron chi connectivity index (χ1n) is 9.67. The van der Waals surface area contributed by atoms with Crippen molar-refractivity contribution in [2.75, 3.05) is 16.8 Å². The molecular formula is C22H21ClN4O2S. The molecule has 1 unspecified atom stereocenters. The van der Waals surface area contributed by atoms with Gasteiger partial charge in [-0.25, -0.2) is 4.98 Å². The summed E-state index contributed by atoms with van der Waals surface area (Å²) in [5.41, 5.74) is 2.71. The average Bonchev–Trinajstić information content (AvgIpc) is 3.20. The monoisotopic (exact) mass is 440 g/mol. The number of para-hydroxylation sites is 1. The van der Waals surface area contributed by atoms with Crippen molar-refractivity contribution in [3.05, 3.63) is 70.2 Å². The average molecular weight is 441 g/mol. The van der Waals surface area contributed by atoms with Crippen LogP contribution in [0.5, 0.6) is 0 Å². The summed E-state index contributed by atoms with van der Waals surface area (Å²) in [7, 11) is 0. The summed E-state index contributed by atoms with van der Waals surface area (Å²) >= 11 is 7.51. The second kappa shape index (κ2) is 8.45. The molecule has 4 rings (SSSR count). The molecule has 0 spiro atoms. The van der Waals surface area contributed by atoms with Gasteiger partial charge in [0.2, 0.25) is 5.91 Å². The summed E-state index contributed by atoms with van der Waals surface area (Å²) in [6.45, 7) is 4.12. The molecule has 1 aliphatic rings. The lowest BCUT2D eigenvalue weighted by Crippen LogP contribution is -2.43. The number of hydrogen-bond donors (Lipinski definition) is 1. The first-order valence-corrected chi connectivity index (χ1v) is 10.9. The van der Waals surface area contributed by atoms with Gasteiger partial charge in [0, 0.05) is 23.9 Å². The minimum absolute atomic E-state index is 0.0618. The third kappa shape index (κ3) is 3.78. The number of carbonyl (C=O) groups is 2. The van der Waals surface area contributed by atoms with Crippen LogP contribution in [0.3, 0.4) is 0 Å². The number of hydrogen-bond acceptors (Lipinski definition) is 5. The highest BCUT2D eigenvalue weighted by Gasteiger charge is 2.34. The van der Waals surface area contributed by atoms with Crippen molar-refractivity contribution in [3.63, 3.8) is 0 Å². The largest absolute Gasteiger partial charge is 0.359 e. The summed E-state index contributed by atoms with van der Waals surface area (Å²) in [6, 6.07) is 14.6. The van der Waals surface area contributed by atoms with E-state index in [4.69, 9.17) is 16.6 Å². The Bertz CT molecular complexity index is 1090. The lowest BCUT2D eigenvalue weighted by molar-refractivity contribution is -0.115. The second-order valence-electron chi connectivity index (χ2n) is 6.98. The van der Waals surface area contributed by atoms with Crippen LogP contribution in [0, 0.1) is 0 Å². The van der Waals surface area contributed by atoms with Crippen molar-refractivity contribution in [2.24, 2.45) is 0 Å². The van der Waals surface area contributed by atoms with Crippen LogP contribution in [0.4, 0.5) is 16.5 Å². The number of benzene rings is 2. The molecule has 2 aromatic carbocycles. The van der Waals surface area contributed by atoms with Gasteiger partial charge in [0.05, 0.1) is 22.6 Å². The fraction of sp³-hybridized carbons (Fsp3) is 0.227. The van der Waals surface area contributed by atoms with E-state index in [0.29, 0.717) is 33.6 Å². The van der Waals surface area contributed by atoms with Crippen LogP contribution in [0.1, 0.15) is 42.5 Å². The zero-order chi connectivity index (χ0) is 21.3. The van der Waals surface area contributed by atoms with Gasteiger partial charge in [0.25, 0.3) is 5.91 Å². The Kier molecular flexibility index (Phi) is 5.74. The predicted octanol–water partition coefficient (Wildman–Crippen LogP) is 5.46. The van der Waals surface area contributed by atoms with Crippen LogP contribution in [0.2, 0.25) is 5.02 Å². The molecule has 8 heteroatoms. The third-order valence-corrected chi connectivity index (χ3v) is 5.93. The molecule has 0 fully saturated rings. The van der Waals surface area contributed by atoms with Gasteiger partial charge in [-0.1, -0.05) is 36.7 Å². The lowest BCUT2D eigenvalue weighted by Gasteiger charge is -2.37. The number of rotatable bonds is 5. The Morgan fingerprint density at radius 1 is 1.27 bits per heavy atom. The van der Waals surface area contributed by atoms with E-state index in [-0.39, 0.29) is 11.8 Å². The van der Waals surface area contributed by atoms with Gasteiger partial charge in [-0.2, -0.15) is 0 Å². The Morgan fingerprint density at radius 3 is 2.73 bits per heavy atom. The van der Waals surface area contributed by atoms with Gasteiger partial charge in [0.1, 0.15) is 6.17 Å². The van der Waals surface area contributed by atoms with Crippen LogP contribution in [-0.2, 0) is 4.79 Å². The topological polar surface area (TPSA) is 65.5 Å². The maximum atomic E-state index is 13.1. The third-order valence-electron chi connectivity index (χ3n) is 4.85. The van der Waals surface area contributed by atoms with Crippen molar-refractivity contribution in [2.45, 2.75) is 26.4 Å². The van der Waals surface area contributed by atoms with Gasteiger partial charge in [-0.15, -0.1) is 11.3 Å². The van der Waals surface area contributed by atoms with E-state index in [2.05, 4.69) is 5.32 Å². The fourth-order valence-corrected chi connectivity index (χ4v) is 4.61. The van der Waals surface area contributed by atoms with Gasteiger partial charge < -0.3 is 10.2 Å². The highest BCUT2D eigenvalue weighted by atomic mass is 35.5. The molecule has 1 atom stereocenters. The molecule has 0 radical (unpaired) electrons. The van der Waals surface area contributed by atoms with Gasteiger partial charge >= 0.3 is 0 Å². The van der Waals surface area contributed by atoms with Crippen LogP contribution >= 0.6 is 22.9 Å². The predicted molar refractivity (Wildman–Crippen MR) is 121 cm³/mol. The first kappa shape index (κ1) is 20.4. The van der Waals surface area contributed by atoms with Crippen LogP contribution < -0.4 is 10.2 Å². The summed E-state index contributed by atoms with van der Waals surface area (Å²) in [6.07, 6.45) is 0.381. The fourth-order valence-electron chi connectivity index (χ4n) is 3.53. The molecule has 0 bridgehead atoms. The van der Waals surface area contributed by atoms with Gasteiger partial charge in [-0.3, -0.25) is 14.5 Å². The van der Waals surface area contributed by atoms with Crippen LogP contribution in [0.15, 0.2) is 53.9 Å². The summed E-state index contributed by atoms with van der Waals surface area (Å²) in [5, 5.41) is 6.41. The molecule has 0 saturated carbocycles. The maximum absolute atomic E-state index is 13.1. The Morgan fingerprint density at radius 2 is 2.03 bits per heavy atom. The van der Waals surface area contributed by atoms with Crippen molar-refractivity contribution in [1.82, 2.24) is 9.88 Å². The molecule has 30 heavy (non-hydrogen) atoms. The van der Waals surface area contributed by atoms with E-state index in [9.17, 15) is 9.59 Å². The number of aromatic nitrogens is 1. The summed E-state index contributed by atoms with van der Waals surface area (Å²) < 4.78 is 0. The molecular weight excluding hydrogens is 420 g/mol. The number of nitrogens with zero attached hydrogens (tertiary/aromatic N) is 3. The standard InChI is InChI=1S/C22H21ClN4O2S/c1-3-11-26-20(24-18-12-15(23)9-10-17(18)21(26)29)19-13-30-22(25-19)27(14(2)28)16-7-5-4-6-8-16/h4-10,12-13,20,24H,3,11H2,1-2H3. The molecule has 154 valence electrons. The lowest BCUT2D eigenvalue weighted by atomic mass is 10.1. The van der Waals surface area contributed by atoms with Crippen molar-refractivity contribution < 1.29 is 9.59 Å².